The van der Waals surface area contributed by atoms with E-state index in [1.807, 2.05) is 38.1 Å². The third-order valence-corrected chi connectivity index (χ3v) is 10.1. The lowest BCUT2D eigenvalue weighted by Crippen LogP contribution is -2.44. The first-order chi connectivity index (χ1) is 27.1. The van der Waals surface area contributed by atoms with E-state index in [9.17, 15) is 24.3 Å². The maximum absolute atomic E-state index is 13.1. The van der Waals surface area contributed by atoms with Crippen LogP contribution in [-0.2, 0) is 48.5 Å². The van der Waals surface area contributed by atoms with Crippen molar-refractivity contribution in [3.8, 4) is 0 Å². The molecule has 2 fully saturated rings. The Kier molecular flexibility index (Phi) is 13.9. The number of nitrogens with zero attached hydrogens (tertiary/aromatic N) is 5. The van der Waals surface area contributed by atoms with Crippen LogP contribution in [0.5, 0.6) is 0 Å². The minimum atomic E-state index is -1.04. The summed E-state index contributed by atoms with van der Waals surface area (Å²) in [6.07, 6.45) is 4.32. The quantitative estimate of drug-likeness (QED) is 0.0497. The third kappa shape index (κ3) is 10.2. The summed E-state index contributed by atoms with van der Waals surface area (Å²) in [5, 5.41) is 30.7. The van der Waals surface area contributed by atoms with Gasteiger partial charge in [-0.25, -0.2) is 9.59 Å². The highest BCUT2D eigenvalue weighted by Gasteiger charge is 2.32. The molecule has 2 unspecified atom stereocenters. The molecule has 304 valence electrons. The van der Waals surface area contributed by atoms with E-state index < -0.39 is 24.3 Å². The molecule has 3 amide bonds. The Labute approximate surface area is 324 Å². The molecule has 0 bridgehead atoms. The van der Waals surface area contributed by atoms with Crippen molar-refractivity contribution in [3.63, 3.8) is 0 Å². The molecule has 1 saturated carbocycles. The zero-order chi connectivity index (χ0) is 39.6. The first kappa shape index (κ1) is 40.6. The fraction of sp³-hybridized carbons (Fsp3) is 0.579. The molecule has 18 nitrogen and oxygen atoms in total. The Morgan fingerprint density at radius 1 is 1.02 bits per heavy atom. The van der Waals surface area contributed by atoms with Gasteiger partial charge >= 0.3 is 11.8 Å². The zero-order valence-corrected chi connectivity index (χ0v) is 32.2. The normalized spacial score (nSPS) is 19.1. The molecule has 0 radical (unpaired) electrons. The number of benzene rings is 1. The van der Waals surface area contributed by atoms with Gasteiger partial charge in [0.2, 0.25) is 11.8 Å². The van der Waals surface area contributed by atoms with Crippen LogP contribution < -0.4 is 21.6 Å². The van der Waals surface area contributed by atoms with Gasteiger partial charge in [-0.3, -0.25) is 33.8 Å². The number of amides is 3. The maximum Gasteiger partial charge on any atom is 0.407 e. The number of aliphatic hydroxyl groups excluding tert-OH is 1. The van der Waals surface area contributed by atoms with E-state index in [0.717, 1.165) is 36.0 Å². The van der Waals surface area contributed by atoms with E-state index >= 15 is 0 Å². The number of carbonyl (C=O) groups excluding carboxylic acids is 3. The molecule has 1 aliphatic carbocycles. The van der Waals surface area contributed by atoms with Crippen molar-refractivity contribution in [2.45, 2.75) is 95.7 Å². The molecule has 4 heterocycles. The molecular weight excluding hydrogens is 726 g/mol. The molecule has 2 aliphatic rings. The summed E-state index contributed by atoms with van der Waals surface area (Å²) in [7, 11) is 1.70. The number of anilines is 1. The minimum Gasteiger partial charge on any atom is -0.446 e. The maximum atomic E-state index is 13.1. The van der Waals surface area contributed by atoms with Gasteiger partial charge in [-0.2, -0.15) is 10.2 Å². The number of carbonyl (C=O) groups is 3. The van der Waals surface area contributed by atoms with Crippen LogP contribution in [0.1, 0.15) is 87.5 Å². The number of para-hydroxylation sites is 1. The number of H-pyrrole nitrogens is 1. The predicted molar refractivity (Wildman–Crippen MR) is 204 cm³/mol. The van der Waals surface area contributed by atoms with Crippen molar-refractivity contribution in [2.24, 2.45) is 7.05 Å². The number of rotatable bonds is 20. The summed E-state index contributed by atoms with van der Waals surface area (Å²) in [4.78, 5) is 49.2. The summed E-state index contributed by atoms with van der Waals surface area (Å²) < 4.78 is 27.4. The number of imide groups is 1. The molecule has 5 N–H and O–H groups in total. The molecule has 56 heavy (non-hydrogen) atoms. The molecule has 1 aliphatic heterocycles. The van der Waals surface area contributed by atoms with Gasteiger partial charge in [-0.05, 0) is 70.1 Å². The Morgan fingerprint density at radius 2 is 1.79 bits per heavy atom. The molecule has 1 saturated heterocycles. The van der Waals surface area contributed by atoms with Crippen LogP contribution in [0.25, 0.3) is 11.0 Å². The van der Waals surface area contributed by atoms with Crippen molar-refractivity contribution in [1.29, 1.82) is 0 Å². The van der Waals surface area contributed by atoms with E-state index in [2.05, 4.69) is 31.2 Å². The van der Waals surface area contributed by atoms with Gasteiger partial charge in [0.25, 0.3) is 0 Å². The van der Waals surface area contributed by atoms with Gasteiger partial charge in [-0.1, -0.05) is 12.1 Å². The van der Waals surface area contributed by atoms with Crippen LogP contribution in [-0.4, -0.2) is 104 Å². The highest BCUT2D eigenvalue weighted by Crippen LogP contribution is 2.36. The van der Waals surface area contributed by atoms with E-state index in [1.54, 1.807) is 28.6 Å². The van der Waals surface area contributed by atoms with Crippen LogP contribution in [0.2, 0.25) is 0 Å². The summed E-state index contributed by atoms with van der Waals surface area (Å²) in [5.41, 5.74) is 3.66. The van der Waals surface area contributed by atoms with Gasteiger partial charge < -0.3 is 34.7 Å². The molecule has 4 aromatic rings. The standard InChI is InChI=1S/C38H53N9O9/c1-24(2)40-37(51)56-27-10-9-26(22-27)28-23-32(44-43-28)41-35(49)30-13-14-39-46(30)15-17-54-19-21-55-20-18-53-16-5-7-25-6-4-8-29-34(25)45(3)38(52)47(29)31-11-12-33(48)42-36(31)50/h4,6,8,13-14,23-24,26-27,31,35,49H,5,7,9-12,15-22H2,1-3H3,(H,40,51)(H2,41,43,44)(H,42,48,50)/t26-,27+,31?,35?/m0/s1. The zero-order valence-electron chi connectivity index (χ0n) is 32.2. The summed E-state index contributed by atoms with van der Waals surface area (Å²) >= 11 is 0. The van der Waals surface area contributed by atoms with E-state index in [0.29, 0.717) is 82.5 Å². The first-order valence-electron chi connectivity index (χ1n) is 19.3. The third-order valence-electron chi connectivity index (χ3n) is 10.1. The number of hydrogen-bond donors (Lipinski definition) is 5. The lowest BCUT2D eigenvalue weighted by molar-refractivity contribution is -0.135. The van der Waals surface area contributed by atoms with Crippen molar-refractivity contribution in [3.05, 3.63) is 64.0 Å². The number of nitrogens with one attached hydrogen (secondary N) is 4. The smallest absolute Gasteiger partial charge is 0.407 e. The number of aromatic amines is 1. The largest absolute Gasteiger partial charge is 0.446 e. The molecule has 6 rings (SSSR count). The number of aromatic nitrogens is 6. The average Bonchev–Trinajstić information content (AvgIpc) is 3.97. The first-order valence-corrected chi connectivity index (χ1v) is 19.3. The van der Waals surface area contributed by atoms with Crippen LogP contribution in [0.15, 0.2) is 41.3 Å². The van der Waals surface area contributed by atoms with Gasteiger partial charge in [0.1, 0.15) is 18.0 Å². The number of fused-ring (bicyclic) bond motifs is 1. The number of imidazole rings is 1. The lowest BCUT2D eigenvalue weighted by atomic mass is 10.0. The fourth-order valence-corrected chi connectivity index (χ4v) is 7.36. The number of alkyl carbamates (subject to hydrolysis) is 1. The van der Waals surface area contributed by atoms with E-state index in [-0.39, 0.29) is 36.1 Å². The highest BCUT2D eigenvalue weighted by molar-refractivity contribution is 6.00. The van der Waals surface area contributed by atoms with Crippen LogP contribution in [0.3, 0.4) is 0 Å². The monoisotopic (exact) mass is 779 g/mol. The topological polar surface area (TPSA) is 218 Å². The van der Waals surface area contributed by atoms with E-state index in [4.69, 9.17) is 18.9 Å². The van der Waals surface area contributed by atoms with Crippen LogP contribution in [0, 0.1) is 0 Å². The van der Waals surface area contributed by atoms with Crippen molar-refractivity contribution in [2.75, 3.05) is 45.0 Å². The van der Waals surface area contributed by atoms with Crippen molar-refractivity contribution >= 4 is 34.8 Å². The molecule has 3 aromatic heterocycles. The number of ether oxygens (including phenoxy) is 4. The fourth-order valence-electron chi connectivity index (χ4n) is 7.36. The Hall–Kier alpha value is -5.04. The molecule has 18 heteroatoms. The van der Waals surface area contributed by atoms with Gasteiger partial charge in [0, 0.05) is 50.0 Å². The van der Waals surface area contributed by atoms with Gasteiger partial charge in [0.05, 0.1) is 56.3 Å². The second-order valence-corrected chi connectivity index (χ2v) is 14.5. The second-order valence-electron chi connectivity index (χ2n) is 14.5. The summed E-state index contributed by atoms with van der Waals surface area (Å²) in [6.45, 7) is 6.76. The average molecular weight is 780 g/mol. The SMILES string of the molecule is CC(C)NC(=O)O[C@@H]1CC[C@H](c2cc(NC(O)c3ccnn3CCOCCOCCOCCCc3cccc4c3n(C)c(=O)n4C3CCC(=O)NC3=O)n[nH]2)C1. The summed E-state index contributed by atoms with van der Waals surface area (Å²) in [6, 6.07) is 8.60. The van der Waals surface area contributed by atoms with Crippen molar-refractivity contribution in [1.82, 2.24) is 39.7 Å². The van der Waals surface area contributed by atoms with E-state index in [1.165, 1.54) is 4.57 Å². The molecule has 0 spiro atoms. The highest BCUT2D eigenvalue weighted by atomic mass is 16.6. The Bertz CT molecular complexity index is 2000. The molecule has 4 atom stereocenters. The minimum absolute atomic E-state index is 0.0199. The predicted octanol–water partition coefficient (Wildman–Crippen LogP) is 2.79. The van der Waals surface area contributed by atoms with Crippen molar-refractivity contribution < 1.29 is 38.4 Å². The number of aryl methyl sites for hydroxylation is 2. The number of hydrogen-bond acceptors (Lipinski definition) is 12. The van der Waals surface area contributed by atoms with Crippen LogP contribution in [0.4, 0.5) is 10.6 Å². The van der Waals surface area contributed by atoms with Gasteiger partial charge in [-0.15, -0.1) is 0 Å². The van der Waals surface area contributed by atoms with Crippen LogP contribution >= 0.6 is 0 Å². The molecular formula is C38H53N9O9. The second kappa shape index (κ2) is 19.2. The summed E-state index contributed by atoms with van der Waals surface area (Å²) in [5.74, 6) is -0.0828. The molecule has 1 aromatic carbocycles. The number of aliphatic hydroxyl groups is 1. The Morgan fingerprint density at radius 3 is 2.55 bits per heavy atom. The Balaban J connectivity index is 0.832. The lowest BCUT2D eigenvalue weighted by Gasteiger charge is -2.21. The van der Waals surface area contributed by atoms with Gasteiger partial charge in [0.15, 0.2) is 6.23 Å². The number of piperidine rings is 1.